The molecule has 2 bridgehead atoms. The quantitative estimate of drug-likeness (QED) is 0.813. The van der Waals surface area contributed by atoms with E-state index in [9.17, 15) is 4.79 Å². The summed E-state index contributed by atoms with van der Waals surface area (Å²) in [5.74, 6) is 1.10. The normalized spacial score (nSPS) is 39.6. The van der Waals surface area contributed by atoms with Gasteiger partial charge in [-0.3, -0.25) is 4.79 Å². The maximum Gasteiger partial charge on any atom is 0.226 e. The SMILES string of the molecule is Cl.NC12CCC(C(=O)NCC3CC3)(CC1)CC2. The molecule has 0 spiro atoms. The van der Waals surface area contributed by atoms with E-state index in [2.05, 4.69) is 5.32 Å². The number of hydrogen-bond acceptors (Lipinski definition) is 2. The first-order valence-corrected chi connectivity index (χ1v) is 6.69. The molecule has 4 aliphatic rings. The second kappa shape index (κ2) is 4.43. The summed E-state index contributed by atoms with van der Waals surface area (Å²) in [5.41, 5.74) is 6.28. The van der Waals surface area contributed by atoms with Crippen molar-refractivity contribution in [3.8, 4) is 0 Å². The maximum absolute atomic E-state index is 12.3. The Hall–Kier alpha value is -0.280. The number of nitrogens with one attached hydrogen (secondary N) is 1. The number of halogens is 1. The van der Waals surface area contributed by atoms with Crippen LogP contribution < -0.4 is 11.1 Å². The molecular formula is C13H23ClN2O. The molecule has 0 saturated heterocycles. The minimum Gasteiger partial charge on any atom is -0.355 e. The number of hydrogen-bond donors (Lipinski definition) is 2. The summed E-state index contributed by atoms with van der Waals surface area (Å²) >= 11 is 0. The first-order valence-electron chi connectivity index (χ1n) is 6.69. The molecule has 0 atom stereocenters. The molecule has 0 aromatic carbocycles. The number of carbonyl (C=O) groups is 1. The Morgan fingerprint density at radius 2 is 1.65 bits per heavy atom. The maximum atomic E-state index is 12.3. The van der Waals surface area contributed by atoms with Crippen LogP contribution in [0, 0.1) is 11.3 Å². The van der Waals surface area contributed by atoms with Gasteiger partial charge in [-0.2, -0.15) is 0 Å². The van der Waals surface area contributed by atoms with Gasteiger partial charge in [0.1, 0.15) is 0 Å². The number of rotatable bonds is 3. The fourth-order valence-corrected chi connectivity index (χ4v) is 3.30. The van der Waals surface area contributed by atoms with Crippen LogP contribution in [0.3, 0.4) is 0 Å². The van der Waals surface area contributed by atoms with Crippen molar-refractivity contribution < 1.29 is 4.79 Å². The second-order valence-corrected chi connectivity index (χ2v) is 6.30. The topological polar surface area (TPSA) is 55.1 Å². The summed E-state index contributed by atoms with van der Waals surface area (Å²) in [7, 11) is 0. The molecule has 3 N–H and O–H groups in total. The number of carbonyl (C=O) groups excluding carboxylic acids is 1. The lowest BCUT2D eigenvalue weighted by Gasteiger charge is -2.50. The third-order valence-corrected chi connectivity index (χ3v) is 5.03. The molecule has 0 aromatic heterocycles. The Kier molecular flexibility index (Phi) is 3.43. The highest BCUT2D eigenvalue weighted by Crippen LogP contribution is 2.51. The van der Waals surface area contributed by atoms with E-state index in [1.165, 1.54) is 12.8 Å². The van der Waals surface area contributed by atoms with Crippen LogP contribution in [-0.4, -0.2) is 18.0 Å². The van der Waals surface area contributed by atoms with Gasteiger partial charge >= 0.3 is 0 Å². The van der Waals surface area contributed by atoms with E-state index in [1.807, 2.05) is 0 Å². The third kappa shape index (κ3) is 2.45. The molecule has 1 amide bonds. The minimum atomic E-state index is -0.0456. The molecule has 0 heterocycles. The van der Waals surface area contributed by atoms with Gasteiger partial charge < -0.3 is 11.1 Å². The van der Waals surface area contributed by atoms with Crippen molar-refractivity contribution in [2.75, 3.05) is 6.54 Å². The smallest absolute Gasteiger partial charge is 0.226 e. The van der Waals surface area contributed by atoms with Crippen LogP contribution in [0.4, 0.5) is 0 Å². The highest BCUT2D eigenvalue weighted by Gasteiger charge is 2.50. The Morgan fingerprint density at radius 1 is 1.12 bits per heavy atom. The summed E-state index contributed by atoms with van der Waals surface area (Å²) in [4.78, 5) is 12.3. The monoisotopic (exact) mass is 258 g/mol. The summed E-state index contributed by atoms with van der Waals surface area (Å²) in [5, 5.41) is 3.16. The lowest BCUT2D eigenvalue weighted by molar-refractivity contribution is -0.137. The molecule has 0 unspecified atom stereocenters. The Balaban J connectivity index is 0.00000108. The summed E-state index contributed by atoms with van der Waals surface area (Å²) in [6.07, 6.45) is 8.79. The van der Waals surface area contributed by atoms with Crippen LogP contribution in [0.2, 0.25) is 0 Å². The first-order chi connectivity index (χ1) is 7.62. The Bertz CT molecular complexity index is 290. The third-order valence-electron chi connectivity index (χ3n) is 5.03. The van der Waals surface area contributed by atoms with E-state index >= 15 is 0 Å². The van der Waals surface area contributed by atoms with Crippen molar-refractivity contribution in [3.63, 3.8) is 0 Å². The lowest BCUT2D eigenvalue weighted by atomic mass is 9.57. The highest BCUT2D eigenvalue weighted by molar-refractivity contribution is 5.85. The van der Waals surface area contributed by atoms with E-state index in [0.717, 1.165) is 51.0 Å². The summed E-state index contributed by atoms with van der Waals surface area (Å²) < 4.78 is 0. The predicted molar refractivity (Wildman–Crippen MR) is 70.0 cm³/mol. The van der Waals surface area contributed by atoms with Crippen LogP contribution >= 0.6 is 12.4 Å². The highest BCUT2D eigenvalue weighted by atomic mass is 35.5. The van der Waals surface area contributed by atoms with Gasteiger partial charge in [-0.15, -0.1) is 12.4 Å². The van der Waals surface area contributed by atoms with Gasteiger partial charge in [0.05, 0.1) is 0 Å². The van der Waals surface area contributed by atoms with Crippen LogP contribution in [-0.2, 0) is 4.79 Å². The second-order valence-electron chi connectivity index (χ2n) is 6.30. The van der Waals surface area contributed by atoms with Crippen LogP contribution in [0.25, 0.3) is 0 Å². The minimum absolute atomic E-state index is 0. The van der Waals surface area contributed by atoms with Gasteiger partial charge in [-0.05, 0) is 57.3 Å². The molecular weight excluding hydrogens is 236 g/mol. The molecule has 17 heavy (non-hydrogen) atoms. The summed E-state index contributed by atoms with van der Waals surface area (Å²) in [6, 6.07) is 0. The molecule has 4 saturated carbocycles. The summed E-state index contributed by atoms with van der Waals surface area (Å²) in [6.45, 7) is 0.911. The largest absolute Gasteiger partial charge is 0.355 e. The van der Waals surface area contributed by atoms with Gasteiger partial charge in [0.2, 0.25) is 5.91 Å². The van der Waals surface area contributed by atoms with Crippen molar-refractivity contribution in [2.24, 2.45) is 17.1 Å². The van der Waals surface area contributed by atoms with Gasteiger partial charge in [-0.25, -0.2) is 0 Å². The molecule has 98 valence electrons. The van der Waals surface area contributed by atoms with Crippen LogP contribution in [0.1, 0.15) is 51.4 Å². The van der Waals surface area contributed by atoms with E-state index < -0.39 is 0 Å². The van der Waals surface area contributed by atoms with E-state index in [1.54, 1.807) is 0 Å². The molecule has 0 aliphatic heterocycles. The average molecular weight is 259 g/mol. The molecule has 0 radical (unpaired) electrons. The van der Waals surface area contributed by atoms with E-state index in [-0.39, 0.29) is 23.4 Å². The zero-order valence-electron chi connectivity index (χ0n) is 10.3. The van der Waals surface area contributed by atoms with Crippen LogP contribution in [0.5, 0.6) is 0 Å². The van der Waals surface area contributed by atoms with Crippen molar-refractivity contribution in [1.29, 1.82) is 0 Å². The van der Waals surface area contributed by atoms with E-state index in [4.69, 9.17) is 5.73 Å². The predicted octanol–water partition coefficient (Wildman–Crippen LogP) is 1.99. The molecule has 3 nitrogen and oxygen atoms in total. The number of fused-ring (bicyclic) bond motifs is 3. The van der Waals surface area contributed by atoms with Gasteiger partial charge in [-0.1, -0.05) is 0 Å². The zero-order valence-corrected chi connectivity index (χ0v) is 11.2. The van der Waals surface area contributed by atoms with Crippen LogP contribution in [0.15, 0.2) is 0 Å². The average Bonchev–Trinajstić information content (AvgIpc) is 3.11. The van der Waals surface area contributed by atoms with Gasteiger partial charge in [0, 0.05) is 17.5 Å². The zero-order chi connectivity index (χ0) is 11.2. The fraction of sp³-hybridized carbons (Fsp3) is 0.923. The first kappa shape index (κ1) is 13.2. The standard InChI is InChI=1S/C13H22N2O.ClH/c14-13-6-3-12(4-7-13,5-8-13)11(16)15-9-10-1-2-10;/h10H,1-9,14H2,(H,15,16);1H. The molecule has 4 rings (SSSR count). The Morgan fingerprint density at radius 3 is 2.12 bits per heavy atom. The van der Waals surface area contributed by atoms with Gasteiger partial charge in [0.25, 0.3) is 0 Å². The molecule has 4 aliphatic carbocycles. The number of amides is 1. The Labute approximate surface area is 109 Å². The molecule has 4 heteroatoms. The van der Waals surface area contributed by atoms with E-state index in [0.29, 0.717) is 5.91 Å². The van der Waals surface area contributed by atoms with Crippen molar-refractivity contribution >= 4 is 18.3 Å². The molecule has 4 fully saturated rings. The number of nitrogens with two attached hydrogens (primary N) is 1. The van der Waals surface area contributed by atoms with Crippen molar-refractivity contribution in [1.82, 2.24) is 5.32 Å². The van der Waals surface area contributed by atoms with Gasteiger partial charge in [0.15, 0.2) is 0 Å². The fourth-order valence-electron chi connectivity index (χ4n) is 3.30. The van der Waals surface area contributed by atoms with Crippen molar-refractivity contribution in [3.05, 3.63) is 0 Å². The lowest BCUT2D eigenvalue weighted by Crippen LogP contribution is -2.56. The molecule has 0 aromatic rings. The van der Waals surface area contributed by atoms with Crippen molar-refractivity contribution in [2.45, 2.75) is 56.9 Å².